The van der Waals surface area contributed by atoms with E-state index in [4.69, 9.17) is 4.42 Å². The van der Waals surface area contributed by atoms with Crippen LogP contribution in [0.3, 0.4) is 0 Å². The first kappa shape index (κ1) is 18.6. The van der Waals surface area contributed by atoms with Gasteiger partial charge in [0.25, 0.3) is 0 Å². The molecule has 3 rings (SSSR count). The van der Waals surface area contributed by atoms with Gasteiger partial charge >= 0.3 is 0 Å². The average Bonchev–Trinajstić information content (AvgIpc) is 3.08. The Hall–Kier alpha value is -2.23. The fourth-order valence-corrected chi connectivity index (χ4v) is 3.58. The summed E-state index contributed by atoms with van der Waals surface area (Å²) in [4.78, 5) is 2.12. The predicted molar refractivity (Wildman–Crippen MR) is 113 cm³/mol. The lowest BCUT2D eigenvalue weighted by Gasteiger charge is -2.06. The van der Waals surface area contributed by atoms with E-state index in [1.165, 1.54) is 16.7 Å². The van der Waals surface area contributed by atoms with Gasteiger partial charge in [-0.15, -0.1) is 11.8 Å². The van der Waals surface area contributed by atoms with Crippen molar-refractivity contribution in [2.24, 2.45) is 0 Å². The molecule has 0 amide bonds. The molecule has 3 heteroatoms. The van der Waals surface area contributed by atoms with Gasteiger partial charge in [0.05, 0.1) is 12.3 Å². The molecular weight excluding hydrogens is 338 g/mol. The standard InChI is InChI=1S/C23H25NOS/c1-24(2)16-22-13-14-23(25-22)18-26-17-21-10-6-9-20(15-21)12-11-19-7-4-3-5-8-19/h3-15H,16-18H2,1-2H3/b12-11-. The minimum atomic E-state index is 0.848. The van der Waals surface area contributed by atoms with E-state index >= 15 is 0 Å². The molecule has 0 spiro atoms. The summed E-state index contributed by atoms with van der Waals surface area (Å²) in [6.07, 6.45) is 4.32. The Morgan fingerprint density at radius 3 is 2.35 bits per heavy atom. The highest BCUT2D eigenvalue weighted by Gasteiger charge is 2.04. The van der Waals surface area contributed by atoms with Crippen molar-refractivity contribution in [2.75, 3.05) is 14.1 Å². The number of furan rings is 1. The molecule has 1 aromatic heterocycles. The first-order valence-corrected chi connectivity index (χ1v) is 9.97. The molecule has 26 heavy (non-hydrogen) atoms. The second kappa shape index (κ2) is 9.46. The van der Waals surface area contributed by atoms with Gasteiger partial charge in [0.15, 0.2) is 0 Å². The first-order chi connectivity index (χ1) is 12.7. The van der Waals surface area contributed by atoms with Gasteiger partial charge in [-0.25, -0.2) is 0 Å². The summed E-state index contributed by atoms with van der Waals surface area (Å²) in [5.74, 6) is 3.96. The Balaban J connectivity index is 1.52. The molecule has 134 valence electrons. The summed E-state index contributed by atoms with van der Waals surface area (Å²) < 4.78 is 5.87. The van der Waals surface area contributed by atoms with Gasteiger partial charge in [0.1, 0.15) is 11.5 Å². The number of thioether (sulfide) groups is 1. The Morgan fingerprint density at radius 2 is 1.54 bits per heavy atom. The van der Waals surface area contributed by atoms with E-state index in [2.05, 4.69) is 91.8 Å². The van der Waals surface area contributed by atoms with E-state index in [-0.39, 0.29) is 0 Å². The third-order valence-corrected chi connectivity index (χ3v) is 4.95. The predicted octanol–water partition coefficient (Wildman–Crippen LogP) is 5.95. The van der Waals surface area contributed by atoms with Crippen LogP contribution in [0.1, 0.15) is 28.2 Å². The van der Waals surface area contributed by atoms with Crippen LogP contribution in [0.5, 0.6) is 0 Å². The first-order valence-electron chi connectivity index (χ1n) is 8.81. The van der Waals surface area contributed by atoms with Crippen LogP contribution in [-0.4, -0.2) is 19.0 Å². The maximum Gasteiger partial charge on any atom is 0.118 e. The molecule has 0 saturated carbocycles. The number of benzene rings is 2. The van der Waals surface area contributed by atoms with Crippen LogP contribution >= 0.6 is 11.8 Å². The second-order valence-electron chi connectivity index (χ2n) is 6.59. The third kappa shape index (κ3) is 5.94. The zero-order valence-corrected chi connectivity index (χ0v) is 16.2. The molecule has 0 bridgehead atoms. The maximum absolute atomic E-state index is 5.87. The molecule has 0 aliphatic carbocycles. The van der Waals surface area contributed by atoms with Crippen molar-refractivity contribution < 1.29 is 4.42 Å². The van der Waals surface area contributed by atoms with Gasteiger partial charge in [0, 0.05) is 5.75 Å². The van der Waals surface area contributed by atoms with E-state index in [0.29, 0.717) is 0 Å². The Labute approximate surface area is 160 Å². The summed E-state index contributed by atoms with van der Waals surface area (Å²) in [6, 6.07) is 23.3. The van der Waals surface area contributed by atoms with Gasteiger partial charge in [0.2, 0.25) is 0 Å². The van der Waals surface area contributed by atoms with E-state index < -0.39 is 0 Å². The van der Waals surface area contributed by atoms with Crippen LogP contribution in [0.2, 0.25) is 0 Å². The lowest BCUT2D eigenvalue weighted by Crippen LogP contribution is -2.09. The van der Waals surface area contributed by atoms with Crippen molar-refractivity contribution in [1.29, 1.82) is 0 Å². The van der Waals surface area contributed by atoms with Crippen molar-refractivity contribution in [3.63, 3.8) is 0 Å². The molecule has 0 fully saturated rings. The van der Waals surface area contributed by atoms with E-state index in [0.717, 1.165) is 29.6 Å². The van der Waals surface area contributed by atoms with Crippen LogP contribution in [0.15, 0.2) is 71.1 Å². The van der Waals surface area contributed by atoms with Crippen LogP contribution < -0.4 is 0 Å². The maximum atomic E-state index is 5.87. The quantitative estimate of drug-likeness (QED) is 0.461. The van der Waals surface area contributed by atoms with Crippen molar-refractivity contribution in [3.8, 4) is 0 Å². The minimum Gasteiger partial charge on any atom is -0.464 e. The zero-order valence-electron chi connectivity index (χ0n) is 15.4. The molecule has 3 aromatic rings. The summed E-state index contributed by atoms with van der Waals surface area (Å²) in [5, 5.41) is 0. The number of hydrogen-bond acceptors (Lipinski definition) is 3. The third-order valence-electron chi connectivity index (χ3n) is 3.92. The molecular formula is C23H25NOS. The Kier molecular flexibility index (Phi) is 6.75. The SMILES string of the molecule is CN(C)Cc1ccc(CSCc2cccc(/C=C\c3ccccc3)c2)o1. The summed E-state index contributed by atoms with van der Waals surface area (Å²) >= 11 is 1.88. The summed E-state index contributed by atoms with van der Waals surface area (Å²) in [6.45, 7) is 0.848. The normalized spacial score (nSPS) is 11.5. The minimum absolute atomic E-state index is 0.848. The van der Waals surface area contributed by atoms with Gasteiger partial charge in [-0.2, -0.15) is 0 Å². The molecule has 2 nitrogen and oxygen atoms in total. The fraction of sp³-hybridized carbons (Fsp3) is 0.217. The molecule has 0 saturated heterocycles. The van der Waals surface area contributed by atoms with Gasteiger partial charge in [-0.3, -0.25) is 0 Å². The molecule has 1 heterocycles. The lowest BCUT2D eigenvalue weighted by atomic mass is 10.1. The summed E-state index contributed by atoms with van der Waals surface area (Å²) in [5.41, 5.74) is 3.79. The van der Waals surface area contributed by atoms with Crippen LogP contribution in [-0.2, 0) is 18.1 Å². The molecule has 0 N–H and O–H groups in total. The highest BCUT2D eigenvalue weighted by Crippen LogP contribution is 2.21. The molecule has 0 aliphatic rings. The lowest BCUT2D eigenvalue weighted by molar-refractivity contribution is 0.344. The van der Waals surface area contributed by atoms with Gasteiger partial charge in [-0.1, -0.05) is 66.7 Å². The molecule has 0 unspecified atom stereocenters. The van der Waals surface area contributed by atoms with Crippen molar-refractivity contribution >= 4 is 23.9 Å². The molecule has 0 radical (unpaired) electrons. The number of nitrogens with zero attached hydrogens (tertiary/aromatic N) is 1. The van der Waals surface area contributed by atoms with Crippen molar-refractivity contribution in [1.82, 2.24) is 4.90 Å². The van der Waals surface area contributed by atoms with Crippen molar-refractivity contribution in [3.05, 3.63) is 94.9 Å². The van der Waals surface area contributed by atoms with E-state index in [1.54, 1.807) is 0 Å². The van der Waals surface area contributed by atoms with Crippen LogP contribution in [0.25, 0.3) is 12.2 Å². The van der Waals surface area contributed by atoms with Crippen LogP contribution in [0, 0.1) is 0 Å². The highest BCUT2D eigenvalue weighted by atomic mass is 32.2. The largest absolute Gasteiger partial charge is 0.464 e. The monoisotopic (exact) mass is 363 g/mol. The molecule has 2 aromatic carbocycles. The number of hydrogen-bond donors (Lipinski definition) is 0. The second-order valence-corrected chi connectivity index (χ2v) is 7.57. The van der Waals surface area contributed by atoms with E-state index in [9.17, 15) is 0 Å². The van der Waals surface area contributed by atoms with Gasteiger partial charge < -0.3 is 9.32 Å². The van der Waals surface area contributed by atoms with Gasteiger partial charge in [-0.05, 0) is 42.9 Å². The number of rotatable bonds is 8. The zero-order chi connectivity index (χ0) is 18.2. The summed E-state index contributed by atoms with van der Waals surface area (Å²) in [7, 11) is 4.10. The topological polar surface area (TPSA) is 16.4 Å². The smallest absolute Gasteiger partial charge is 0.118 e. The van der Waals surface area contributed by atoms with Crippen LogP contribution in [0.4, 0.5) is 0 Å². The molecule has 0 aliphatic heterocycles. The highest BCUT2D eigenvalue weighted by molar-refractivity contribution is 7.97. The fourth-order valence-electron chi connectivity index (χ4n) is 2.71. The average molecular weight is 364 g/mol. The van der Waals surface area contributed by atoms with E-state index in [1.807, 2.05) is 17.8 Å². The van der Waals surface area contributed by atoms with Crippen molar-refractivity contribution in [2.45, 2.75) is 18.1 Å². The Morgan fingerprint density at radius 1 is 0.808 bits per heavy atom. The Bertz CT molecular complexity index is 836. The molecule has 0 atom stereocenters.